The van der Waals surface area contributed by atoms with E-state index in [0.29, 0.717) is 0 Å². The van der Waals surface area contributed by atoms with E-state index in [2.05, 4.69) is 41.7 Å². The second-order valence-electron chi connectivity index (χ2n) is 5.46. The number of rotatable bonds is 6. The van der Waals surface area contributed by atoms with Gasteiger partial charge in [0.15, 0.2) is 0 Å². The number of benzene rings is 1. The van der Waals surface area contributed by atoms with E-state index in [1.165, 1.54) is 18.4 Å². The first-order valence-electron chi connectivity index (χ1n) is 7.31. The molecular weight excluding hydrogens is 270 g/mol. The summed E-state index contributed by atoms with van der Waals surface area (Å²) in [5.41, 5.74) is 3.39. The summed E-state index contributed by atoms with van der Waals surface area (Å²) in [5, 5.41) is 8.67. The molecule has 1 heterocycles. The van der Waals surface area contributed by atoms with Gasteiger partial charge in [0, 0.05) is 41.5 Å². The van der Waals surface area contributed by atoms with Crippen LogP contribution in [0.15, 0.2) is 30.6 Å². The van der Waals surface area contributed by atoms with Gasteiger partial charge in [-0.15, -0.1) is 0 Å². The zero-order valence-corrected chi connectivity index (χ0v) is 12.5. The van der Waals surface area contributed by atoms with E-state index in [-0.39, 0.29) is 0 Å². The van der Waals surface area contributed by atoms with Crippen molar-refractivity contribution >= 4 is 11.6 Å². The first-order valence-corrected chi connectivity index (χ1v) is 7.68. The number of hydrogen-bond donors (Lipinski definition) is 1. The predicted octanol–water partition coefficient (Wildman–Crippen LogP) is 3.87. The van der Waals surface area contributed by atoms with Crippen LogP contribution in [0, 0.1) is 0 Å². The molecule has 0 amide bonds. The van der Waals surface area contributed by atoms with E-state index >= 15 is 0 Å². The van der Waals surface area contributed by atoms with Gasteiger partial charge in [0.2, 0.25) is 0 Å². The number of aryl methyl sites for hydroxylation is 1. The molecule has 1 aromatic carbocycles. The summed E-state index contributed by atoms with van der Waals surface area (Å²) in [7, 11) is 0. The predicted molar refractivity (Wildman–Crippen MR) is 82.8 cm³/mol. The average Bonchev–Trinajstić information content (AvgIpc) is 3.16. The Morgan fingerprint density at radius 3 is 2.95 bits per heavy atom. The Morgan fingerprint density at radius 2 is 2.25 bits per heavy atom. The van der Waals surface area contributed by atoms with Crippen LogP contribution in [0.2, 0.25) is 5.02 Å². The van der Waals surface area contributed by atoms with E-state index in [1.807, 2.05) is 10.9 Å². The fraction of sp³-hybridized carbons (Fsp3) is 0.438. The summed E-state index contributed by atoms with van der Waals surface area (Å²) in [6, 6.07) is 7.03. The molecule has 0 bridgehead atoms. The minimum Gasteiger partial charge on any atom is -0.310 e. The van der Waals surface area contributed by atoms with Crippen LogP contribution in [-0.4, -0.2) is 15.8 Å². The summed E-state index contributed by atoms with van der Waals surface area (Å²) in [6.45, 7) is 4.00. The molecular formula is C16H20ClN3. The summed E-state index contributed by atoms with van der Waals surface area (Å²) >= 11 is 6.42. The molecule has 0 atom stereocenters. The Balaban J connectivity index is 1.74. The average molecular weight is 290 g/mol. The molecule has 0 spiro atoms. The highest BCUT2D eigenvalue weighted by Crippen LogP contribution is 2.29. The van der Waals surface area contributed by atoms with Crippen molar-refractivity contribution in [1.29, 1.82) is 0 Å². The second kappa shape index (κ2) is 5.98. The summed E-state index contributed by atoms with van der Waals surface area (Å²) in [4.78, 5) is 0. The summed E-state index contributed by atoms with van der Waals surface area (Å²) < 4.78 is 1.97. The quantitative estimate of drug-likeness (QED) is 0.875. The number of nitrogens with zero attached hydrogens (tertiary/aromatic N) is 2. The standard InChI is InChI=1S/C16H20ClN3/c1-2-7-20-11-13(10-19-20)15-6-3-12(8-16(15)17)9-18-14-4-5-14/h3,6,8,10-11,14,18H,2,4-5,7,9H2,1H3. The molecule has 1 N–H and O–H groups in total. The molecule has 4 heteroatoms. The Hall–Kier alpha value is -1.32. The van der Waals surface area contributed by atoms with Crippen molar-refractivity contribution in [3.8, 4) is 11.1 Å². The molecule has 3 nitrogen and oxygen atoms in total. The normalized spacial score (nSPS) is 14.7. The molecule has 1 fully saturated rings. The zero-order valence-electron chi connectivity index (χ0n) is 11.8. The topological polar surface area (TPSA) is 29.9 Å². The van der Waals surface area contributed by atoms with Gasteiger partial charge in [-0.1, -0.05) is 30.7 Å². The third-order valence-corrected chi connectivity index (χ3v) is 3.92. The monoisotopic (exact) mass is 289 g/mol. The van der Waals surface area contributed by atoms with Crippen molar-refractivity contribution in [2.24, 2.45) is 0 Å². The van der Waals surface area contributed by atoms with E-state index < -0.39 is 0 Å². The number of halogens is 1. The lowest BCUT2D eigenvalue weighted by Crippen LogP contribution is -2.15. The largest absolute Gasteiger partial charge is 0.310 e. The van der Waals surface area contributed by atoms with Crippen LogP contribution >= 0.6 is 11.6 Å². The molecule has 106 valence electrons. The van der Waals surface area contributed by atoms with Gasteiger partial charge in [-0.25, -0.2) is 0 Å². The first-order chi connectivity index (χ1) is 9.76. The third kappa shape index (κ3) is 3.22. The van der Waals surface area contributed by atoms with Gasteiger partial charge in [-0.05, 0) is 30.9 Å². The van der Waals surface area contributed by atoms with E-state index in [4.69, 9.17) is 11.6 Å². The molecule has 0 aliphatic heterocycles. The van der Waals surface area contributed by atoms with Gasteiger partial charge in [-0.3, -0.25) is 4.68 Å². The smallest absolute Gasteiger partial charge is 0.0568 e. The van der Waals surface area contributed by atoms with Crippen LogP contribution < -0.4 is 5.32 Å². The maximum atomic E-state index is 6.42. The van der Waals surface area contributed by atoms with Gasteiger partial charge in [0.25, 0.3) is 0 Å². The van der Waals surface area contributed by atoms with Crippen LogP contribution in [0.25, 0.3) is 11.1 Å². The highest BCUT2D eigenvalue weighted by Gasteiger charge is 2.20. The van der Waals surface area contributed by atoms with Gasteiger partial charge in [0.1, 0.15) is 0 Å². The fourth-order valence-electron chi connectivity index (χ4n) is 2.31. The van der Waals surface area contributed by atoms with Crippen molar-refractivity contribution in [3.05, 3.63) is 41.2 Å². The van der Waals surface area contributed by atoms with Gasteiger partial charge in [0.05, 0.1) is 6.20 Å². The van der Waals surface area contributed by atoms with Crippen molar-refractivity contribution in [2.75, 3.05) is 0 Å². The molecule has 3 rings (SSSR count). The minimum absolute atomic E-state index is 0.723. The molecule has 1 aliphatic carbocycles. The maximum Gasteiger partial charge on any atom is 0.0568 e. The van der Waals surface area contributed by atoms with E-state index in [1.54, 1.807) is 0 Å². The van der Waals surface area contributed by atoms with E-state index in [0.717, 1.165) is 41.7 Å². The van der Waals surface area contributed by atoms with Crippen LogP contribution in [-0.2, 0) is 13.1 Å². The van der Waals surface area contributed by atoms with Crippen LogP contribution in [0.4, 0.5) is 0 Å². The van der Waals surface area contributed by atoms with Crippen molar-refractivity contribution < 1.29 is 0 Å². The Labute approximate surface area is 124 Å². The number of nitrogens with one attached hydrogen (secondary N) is 1. The van der Waals surface area contributed by atoms with Crippen LogP contribution in [0.1, 0.15) is 31.7 Å². The highest BCUT2D eigenvalue weighted by molar-refractivity contribution is 6.33. The fourth-order valence-corrected chi connectivity index (χ4v) is 2.62. The molecule has 20 heavy (non-hydrogen) atoms. The molecule has 1 saturated carbocycles. The van der Waals surface area contributed by atoms with Gasteiger partial charge in [-0.2, -0.15) is 5.10 Å². The SMILES string of the molecule is CCCn1cc(-c2ccc(CNC3CC3)cc2Cl)cn1. The molecule has 2 aromatic rings. The lowest BCUT2D eigenvalue weighted by atomic mass is 10.1. The Kier molecular flexibility index (Phi) is 4.08. The van der Waals surface area contributed by atoms with Crippen molar-refractivity contribution in [1.82, 2.24) is 15.1 Å². The first kappa shape index (κ1) is 13.7. The van der Waals surface area contributed by atoms with Crippen LogP contribution in [0.3, 0.4) is 0 Å². The summed E-state index contributed by atoms with van der Waals surface area (Å²) in [5.74, 6) is 0. The second-order valence-corrected chi connectivity index (χ2v) is 5.87. The molecule has 1 aliphatic rings. The van der Waals surface area contributed by atoms with Gasteiger partial charge >= 0.3 is 0 Å². The lowest BCUT2D eigenvalue weighted by molar-refractivity contribution is 0.603. The molecule has 0 unspecified atom stereocenters. The Bertz CT molecular complexity index is 587. The van der Waals surface area contributed by atoms with Crippen molar-refractivity contribution in [3.63, 3.8) is 0 Å². The highest BCUT2D eigenvalue weighted by atomic mass is 35.5. The zero-order chi connectivity index (χ0) is 13.9. The number of hydrogen-bond acceptors (Lipinski definition) is 2. The van der Waals surface area contributed by atoms with Crippen LogP contribution in [0.5, 0.6) is 0 Å². The Morgan fingerprint density at radius 1 is 1.40 bits per heavy atom. The summed E-state index contributed by atoms with van der Waals surface area (Å²) in [6.07, 6.45) is 7.65. The third-order valence-electron chi connectivity index (χ3n) is 3.60. The van der Waals surface area contributed by atoms with Crippen molar-refractivity contribution in [2.45, 2.75) is 45.3 Å². The molecule has 0 saturated heterocycles. The van der Waals surface area contributed by atoms with E-state index in [9.17, 15) is 0 Å². The maximum absolute atomic E-state index is 6.42. The van der Waals surface area contributed by atoms with Gasteiger partial charge < -0.3 is 5.32 Å². The lowest BCUT2D eigenvalue weighted by Gasteiger charge is -2.07. The number of aromatic nitrogens is 2. The molecule has 1 aromatic heterocycles. The molecule has 0 radical (unpaired) electrons. The minimum atomic E-state index is 0.723.